The number of nitrogens with zero attached hydrogens (tertiary/aromatic N) is 6. The van der Waals surface area contributed by atoms with Gasteiger partial charge in [-0.1, -0.05) is 5.16 Å². The fourth-order valence-corrected chi connectivity index (χ4v) is 4.06. The van der Waals surface area contributed by atoms with Gasteiger partial charge in [0.15, 0.2) is 0 Å². The first kappa shape index (κ1) is 15.7. The molecule has 0 bridgehead atoms. The van der Waals surface area contributed by atoms with E-state index in [1.807, 2.05) is 17.8 Å². The summed E-state index contributed by atoms with van der Waals surface area (Å²) in [5, 5.41) is 3.99. The Morgan fingerprint density at radius 1 is 0.958 bits per heavy atom. The number of thioether (sulfide) groups is 1. The third-order valence-electron chi connectivity index (χ3n) is 4.55. The fourth-order valence-electron chi connectivity index (χ4n) is 3.16. The zero-order valence-electron chi connectivity index (χ0n) is 13.7. The third-order valence-corrected chi connectivity index (χ3v) is 5.49. The first-order valence-corrected chi connectivity index (χ1v) is 9.55. The van der Waals surface area contributed by atoms with Crippen LogP contribution in [-0.2, 0) is 6.54 Å². The largest absolute Gasteiger partial charge is 0.364 e. The second kappa shape index (κ2) is 7.40. The summed E-state index contributed by atoms with van der Waals surface area (Å²) in [4.78, 5) is 16.1. The van der Waals surface area contributed by atoms with Crippen LogP contribution in [0.2, 0.25) is 0 Å². The Hall–Kier alpha value is -1.80. The molecular weight excluding hydrogens is 324 g/mol. The van der Waals surface area contributed by atoms with E-state index in [0.29, 0.717) is 0 Å². The van der Waals surface area contributed by atoms with E-state index in [0.717, 1.165) is 63.1 Å². The molecule has 2 aromatic heterocycles. The highest BCUT2D eigenvalue weighted by Gasteiger charge is 2.20. The monoisotopic (exact) mass is 346 g/mol. The van der Waals surface area contributed by atoms with Crippen LogP contribution in [0.3, 0.4) is 0 Å². The van der Waals surface area contributed by atoms with E-state index in [-0.39, 0.29) is 0 Å². The minimum Gasteiger partial charge on any atom is -0.364 e. The van der Waals surface area contributed by atoms with E-state index in [1.54, 1.807) is 12.6 Å². The second-order valence-electron chi connectivity index (χ2n) is 6.09. The van der Waals surface area contributed by atoms with Gasteiger partial charge in [0.2, 0.25) is 0 Å². The molecule has 0 aromatic carbocycles. The van der Waals surface area contributed by atoms with Crippen LogP contribution in [0, 0.1) is 0 Å². The maximum Gasteiger partial charge on any atom is 0.134 e. The second-order valence-corrected chi connectivity index (χ2v) is 7.31. The molecular formula is C16H22N6OS. The molecule has 0 amide bonds. The molecule has 0 saturated carbocycles. The smallest absolute Gasteiger partial charge is 0.134 e. The van der Waals surface area contributed by atoms with Crippen LogP contribution in [-0.4, -0.2) is 70.8 Å². The first-order chi connectivity index (χ1) is 11.9. The number of hydrogen-bond acceptors (Lipinski definition) is 8. The minimum absolute atomic E-state index is 0.852. The Labute approximate surface area is 146 Å². The van der Waals surface area contributed by atoms with E-state index in [2.05, 4.69) is 35.9 Å². The Morgan fingerprint density at radius 3 is 2.33 bits per heavy atom. The summed E-state index contributed by atoms with van der Waals surface area (Å²) in [6, 6.07) is 4.07. The predicted octanol–water partition coefficient (Wildman–Crippen LogP) is 1.34. The average Bonchev–Trinajstić information content (AvgIpc) is 3.16. The third kappa shape index (κ3) is 3.64. The molecule has 4 heterocycles. The molecule has 24 heavy (non-hydrogen) atoms. The van der Waals surface area contributed by atoms with Crippen LogP contribution in [0.15, 0.2) is 29.2 Å². The van der Waals surface area contributed by atoms with Gasteiger partial charge in [-0.2, -0.15) is 11.8 Å². The molecule has 0 spiro atoms. The number of rotatable bonds is 4. The molecule has 2 aliphatic heterocycles. The van der Waals surface area contributed by atoms with Gasteiger partial charge >= 0.3 is 0 Å². The molecule has 0 unspecified atom stereocenters. The van der Waals surface area contributed by atoms with Gasteiger partial charge in [0.1, 0.15) is 24.2 Å². The molecule has 0 radical (unpaired) electrons. The average molecular weight is 346 g/mol. The summed E-state index contributed by atoms with van der Waals surface area (Å²) >= 11 is 2.01. The quantitative estimate of drug-likeness (QED) is 0.822. The molecule has 2 fully saturated rings. The molecule has 7 nitrogen and oxygen atoms in total. The standard InChI is InChI=1S/C16H22N6OS/c1-8-23-19-14(1)12-20-2-4-21(5-3-20)15-11-16(18-13-17-15)22-6-9-24-10-7-22/h1,8,11,13H,2-7,9-10,12H2. The Kier molecular flexibility index (Phi) is 4.84. The Bertz CT molecular complexity index is 638. The van der Waals surface area contributed by atoms with Crippen LogP contribution in [0.25, 0.3) is 0 Å². The van der Waals surface area contributed by atoms with Gasteiger partial charge in [0.25, 0.3) is 0 Å². The van der Waals surface area contributed by atoms with Crippen molar-refractivity contribution < 1.29 is 4.52 Å². The van der Waals surface area contributed by atoms with Gasteiger partial charge in [-0.05, 0) is 0 Å². The predicted molar refractivity (Wildman–Crippen MR) is 95.6 cm³/mol. The summed E-state index contributed by atoms with van der Waals surface area (Å²) < 4.78 is 4.91. The lowest BCUT2D eigenvalue weighted by molar-refractivity contribution is 0.241. The van der Waals surface area contributed by atoms with Crippen LogP contribution in [0.5, 0.6) is 0 Å². The molecule has 0 aliphatic carbocycles. The lowest BCUT2D eigenvalue weighted by Crippen LogP contribution is -2.46. The SMILES string of the molecule is c1nc(N2CCSCC2)cc(N2CCN(Cc3ccon3)CC2)n1. The summed E-state index contributed by atoms with van der Waals surface area (Å²) in [7, 11) is 0. The van der Waals surface area contributed by atoms with E-state index >= 15 is 0 Å². The lowest BCUT2D eigenvalue weighted by Gasteiger charge is -2.35. The number of aromatic nitrogens is 3. The molecule has 0 atom stereocenters. The van der Waals surface area contributed by atoms with Crippen molar-refractivity contribution in [3.8, 4) is 0 Å². The first-order valence-electron chi connectivity index (χ1n) is 8.40. The van der Waals surface area contributed by atoms with E-state index in [9.17, 15) is 0 Å². The number of piperazine rings is 1. The van der Waals surface area contributed by atoms with E-state index < -0.39 is 0 Å². The van der Waals surface area contributed by atoms with Crippen molar-refractivity contribution in [1.29, 1.82) is 0 Å². The highest BCUT2D eigenvalue weighted by molar-refractivity contribution is 7.99. The number of hydrogen-bond donors (Lipinski definition) is 0. The molecule has 2 saturated heterocycles. The lowest BCUT2D eigenvalue weighted by atomic mass is 10.3. The fraction of sp³-hybridized carbons (Fsp3) is 0.562. The molecule has 4 rings (SSSR count). The molecule has 0 N–H and O–H groups in total. The maximum absolute atomic E-state index is 4.91. The summed E-state index contributed by atoms with van der Waals surface area (Å²) in [5.74, 6) is 4.46. The Morgan fingerprint density at radius 2 is 1.67 bits per heavy atom. The van der Waals surface area contributed by atoms with Crippen LogP contribution >= 0.6 is 11.8 Å². The van der Waals surface area contributed by atoms with Gasteiger partial charge in [0.05, 0.1) is 5.69 Å². The van der Waals surface area contributed by atoms with Crippen molar-refractivity contribution in [3.05, 3.63) is 30.4 Å². The van der Waals surface area contributed by atoms with Crippen molar-refractivity contribution in [2.24, 2.45) is 0 Å². The van der Waals surface area contributed by atoms with Crippen molar-refractivity contribution in [2.45, 2.75) is 6.54 Å². The Balaban J connectivity index is 1.36. The highest BCUT2D eigenvalue weighted by Crippen LogP contribution is 2.22. The van der Waals surface area contributed by atoms with Gasteiger partial charge in [0, 0.05) is 69.5 Å². The maximum atomic E-state index is 4.91. The molecule has 8 heteroatoms. The van der Waals surface area contributed by atoms with Gasteiger partial charge in [-0.25, -0.2) is 9.97 Å². The van der Waals surface area contributed by atoms with Crippen LogP contribution in [0.4, 0.5) is 11.6 Å². The van der Waals surface area contributed by atoms with Crippen molar-refractivity contribution in [3.63, 3.8) is 0 Å². The van der Waals surface area contributed by atoms with E-state index in [1.165, 1.54) is 11.5 Å². The van der Waals surface area contributed by atoms with Crippen LogP contribution in [0.1, 0.15) is 5.69 Å². The highest BCUT2D eigenvalue weighted by atomic mass is 32.2. The number of anilines is 2. The van der Waals surface area contributed by atoms with E-state index in [4.69, 9.17) is 4.52 Å². The van der Waals surface area contributed by atoms with Gasteiger partial charge < -0.3 is 14.3 Å². The summed E-state index contributed by atoms with van der Waals surface area (Å²) in [6.07, 6.45) is 3.33. The molecule has 2 aromatic rings. The van der Waals surface area contributed by atoms with Gasteiger partial charge in [-0.15, -0.1) is 0 Å². The molecule has 2 aliphatic rings. The van der Waals surface area contributed by atoms with Crippen molar-refractivity contribution in [1.82, 2.24) is 20.0 Å². The normalized spacial score (nSPS) is 19.7. The zero-order chi connectivity index (χ0) is 16.2. The van der Waals surface area contributed by atoms with Crippen molar-refractivity contribution in [2.75, 3.05) is 60.6 Å². The zero-order valence-corrected chi connectivity index (χ0v) is 14.5. The van der Waals surface area contributed by atoms with Gasteiger partial charge in [-0.3, -0.25) is 4.90 Å². The van der Waals surface area contributed by atoms with Crippen LogP contribution < -0.4 is 9.80 Å². The molecule has 128 valence electrons. The minimum atomic E-state index is 0.852. The van der Waals surface area contributed by atoms with Crippen molar-refractivity contribution >= 4 is 23.4 Å². The topological polar surface area (TPSA) is 61.5 Å². The summed E-state index contributed by atoms with van der Waals surface area (Å²) in [6.45, 7) is 6.97. The summed E-state index contributed by atoms with van der Waals surface area (Å²) in [5.41, 5.74) is 0.996.